The number of anilines is 2. The van der Waals surface area contributed by atoms with Gasteiger partial charge in [0.05, 0.1) is 18.2 Å². The van der Waals surface area contributed by atoms with E-state index < -0.39 is 0 Å². The van der Waals surface area contributed by atoms with Crippen LogP contribution in [0.4, 0.5) is 11.5 Å². The van der Waals surface area contributed by atoms with Crippen LogP contribution in [0.1, 0.15) is 17.5 Å². The summed E-state index contributed by atoms with van der Waals surface area (Å²) >= 11 is 0. The Morgan fingerprint density at radius 2 is 2.29 bits per heavy atom. The summed E-state index contributed by atoms with van der Waals surface area (Å²) in [6.45, 7) is 1.87. The fourth-order valence-electron chi connectivity index (χ4n) is 1.06. The quantitative estimate of drug-likeness (QED) is 0.735. The first-order valence-electron chi connectivity index (χ1n) is 4.21. The maximum absolute atomic E-state index is 8.35. The van der Waals surface area contributed by atoms with Crippen LogP contribution in [0, 0.1) is 18.3 Å². The predicted molar refractivity (Wildman–Crippen MR) is 57.1 cm³/mol. The molecule has 1 aromatic rings. The van der Waals surface area contributed by atoms with Crippen molar-refractivity contribution in [3.8, 4) is 6.07 Å². The Balaban J connectivity index is 3.01. The van der Waals surface area contributed by atoms with Gasteiger partial charge in [0.2, 0.25) is 0 Å². The van der Waals surface area contributed by atoms with Crippen LogP contribution in [0.2, 0.25) is 0 Å². The van der Waals surface area contributed by atoms with Crippen molar-refractivity contribution in [3.63, 3.8) is 0 Å². The van der Waals surface area contributed by atoms with Crippen molar-refractivity contribution in [3.05, 3.63) is 23.4 Å². The molecule has 0 aromatic carbocycles. The lowest BCUT2D eigenvalue weighted by atomic mass is 10.1. The summed E-state index contributed by atoms with van der Waals surface area (Å²) < 4.78 is 0. The normalized spacial score (nSPS) is 10.3. The van der Waals surface area contributed by atoms with Gasteiger partial charge in [-0.05, 0) is 18.1 Å². The highest BCUT2D eigenvalue weighted by molar-refractivity contribution is 5.69. The maximum Gasteiger partial charge on any atom is 0.146 e. The largest absolute Gasteiger partial charge is 0.396 e. The number of allylic oxidation sites excluding steroid dienone is 1. The number of aromatic nitrogens is 1. The first-order valence-corrected chi connectivity index (χ1v) is 4.21. The second-order valence-corrected chi connectivity index (χ2v) is 2.90. The molecule has 0 fully saturated rings. The lowest BCUT2D eigenvalue weighted by molar-refractivity contribution is 1.28. The lowest BCUT2D eigenvalue weighted by Crippen LogP contribution is -2.01. The van der Waals surface area contributed by atoms with E-state index in [1.54, 1.807) is 12.3 Å². The van der Waals surface area contributed by atoms with E-state index in [9.17, 15) is 0 Å². The van der Waals surface area contributed by atoms with Gasteiger partial charge in [-0.15, -0.1) is 0 Å². The molecular formula is C10H12N4. The molecule has 0 aliphatic heterocycles. The second-order valence-electron chi connectivity index (χ2n) is 2.90. The van der Waals surface area contributed by atoms with E-state index in [0.717, 1.165) is 11.1 Å². The minimum atomic E-state index is 0.347. The predicted octanol–water partition coefficient (Wildman–Crippen LogP) is 1.48. The lowest BCUT2D eigenvalue weighted by Gasteiger charge is -2.05. The van der Waals surface area contributed by atoms with Gasteiger partial charge in [-0.3, -0.25) is 0 Å². The molecule has 1 heterocycles. The SMILES string of the molecule is Cc1c(C=CCC#N)cnc(N)c1N. The molecule has 4 heteroatoms. The molecule has 4 N–H and O–H groups in total. The third-order valence-electron chi connectivity index (χ3n) is 1.96. The Hall–Kier alpha value is -2.02. The molecule has 0 unspecified atom stereocenters. The topological polar surface area (TPSA) is 88.7 Å². The highest BCUT2D eigenvalue weighted by Crippen LogP contribution is 2.21. The molecule has 0 radical (unpaired) electrons. The molecule has 72 valence electrons. The van der Waals surface area contributed by atoms with Crippen LogP contribution in [0.3, 0.4) is 0 Å². The third-order valence-corrected chi connectivity index (χ3v) is 1.96. The summed E-state index contributed by atoms with van der Waals surface area (Å²) in [6, 6.07) is 2.02. The van der Waals surface area contributed by atoms with Gasteiger partial charge < -0.3 is 11.5 Å². The Kier molecular flexibility index (Phi) is 3.08. The maximum atomic E-state index is 8.35. The number of pyridine rings is 1. The van der Waals surface area contributed by atoms with Gasteiger partial charge in [-0.25, -0.2) is 4.98 Å². The van der Waals surface area contributed by atoms with Crippen molar-refractivity contribution >= 4 is 17.6 Å². The average molecular weight is 188 g/mol. The number of nitrogens with two attached hydrogens (primary N) is 2. The molecule has 0 saturated heterocycles. The number of rotatable bonds is 2. The zero-order valence-electron chi connectivity index (χ0n) is 7.99. The van der Waals surface area contributed by atoms with Crippen molar-refractivity contribution in [1.29, 1.82) is 5.26 Å². The standard InChI is InChI=1S/C10H12N4/c1-7-8(4-2-3-5-11)6-14-10(13)9(7)12/h2,4,6H,3,12H2,1H3,(H2,13,14). The number of nitriles is 1. The van der Waals surface area contributed by atoms with Crippen LogP contribution in [-0.2, 0) is 0 Å². The molecule has 0 spiro atoms. The van der Waals surface area contributed by atoms with Gasteiger partial charge in [0, 0.05) is 6.20 Å². The van der Waals surface area contributed by atoms with Gasteiger partial charge in [0.15, 0.2) is 0 Å². The van der Waals surface area contributed by atoms with E-state index in [2.05, 4.69) is 4.98 Å². The van der Waals surface area contributed by atoms with Crippen LogP contribution in [0.25, 0.3) is 6.08 Å². The van der Waals surface area contributed by atoms with E-state index in [-0.39, 0.29) is 0 Å². The second kappa shape index (κ2) is 4.28. The monoisotopic (exact) mass is 188 g/mol. The van der Waals surface area contributed by atoms with Crippen molar-refractivity contribution in [2.24, 2.45) is 0 Å². The molecule has 14 heavy (non-hydrogen) atoms. The molecule has 0 saturated carbocycles. The fraction of sp³-hybridized carbons (Fsp3) is 0.200. The molecule has 1 aromatic heterocycles. The van der Waals surface area contributed by atoms with Crippen molar-refractivity contribution < 1.29 is 0 Å². The zero-order valence-corrected chi connectivity index (χ0v) is 7.99. The molecule has 0 aliphatic rings. The number of hydrogen-bond donors (Lipinski definition) is 2. The van der Waals surface area contributed by atoms with Crippen LogP contribution < -0.4 is 11.5 Å². The highest BCUT2D eigenvalue weighted by Gasteiger charge is 2.02. The molecule has 4 nitrogen and oxygen atoms in total. The van der Waals surface area contributed by atoms with Crippen LogP contribution >= 0.6 is 0 Å². The minimum absolute atomic E-state index is 0.347. The van der Waals surface area contributed by atoms with Gasteiger partial charge >= 0.3 is 0 Å². The van der Waals surface area contributed by atoms with E-state index >= 15 is 0 Å². The van der Waals surface area contributed by atoms with Crippen LogP contribution in [0.5, 0.6) is 0 Å². The molecule has 0 amide bonds. The van der Waals surface area contributed by atoms with E-state index in [1.165, 1.54) is 0 Å². The van der Waals surface area contributed by atoms with E-state index in [0.29, 0.717) is 17.9 Å². The summed E-state index contributed by atoms with van der Waals surface area (Å²) in [5.74, 6) is 0.347. The average Bonchev–Trinajstić information content (AvgIpc) is 2.18. The highest BCUT2D eigenvalue weighted by atomic mass is 14.9. The summed E-state index contributed by atoms with van der Waals surface area (Å²) in [4.78, 5) is 3.94. The summed E-state index contributed by atoms with van der Waals surface area (Å²) in [5.41, 5.74) is 13.5. The minimum Gasteiger partial charge on any atom is -0.396 e. The van der Waals surface area contributed by atoms with Crippen molar-refractivity contribution in [2.75, 3.05) is 11.5 Å². The number of nitrogens with zero attached hydrogens (tertiary/aromatic N) is 2. The van der Waals surface area contributed by atoms with Crippen LogP contribution in [-0.4, -0.2) is 4.98 Å². The third kappa shape index (κ3) is 2.02. The Morgan fingerprint density at radius 1 is 1.57 bits per heavy atom. The number of hydrogen-bond acceptors (Lipinski definition) is 4. The Morgan fingerprint density at radius 3 is 2.93 bits per heavy atom. The van der Waals surface area contributed by atoms with Gasteiger partial charge in [-0.1, -0.05) is 12.2 Å². The number of nitrogen functional groups attached to an aromatic ring is 2. The molecule has 0 atom stereocenters. The first-order chi connectivity index (χ1) is 6.66. The smallest absolute Gasteiger partial charge is 0.146 e. The fourth-order valence-corrected chi connectivity index (χ4v) is 1.06. The molecule has 1 rings (SSSR count). The first kappa shape index (κ1) is 10.1. The summed E-state index contributed by atoms with van der Waals surface area (Å²) in [7, 11) is 0. The van der Waals surface area contributed by atoms with Gasteiger partial charge in [0.25, 0.3) is 0 Å². The van der Waals surface area contributed by atoms with Crippen LogP contribution in [0.15, 0.2) is 12.3 Å². The molecule has 0 bridgehead atoms. The summed E-state index contributed by atoms with van der Waals surface area (Å²) in [6.07, 6.45) is 5.61. The molecule has 0 aliphatic carbocycles. The Labute approximate surface area is 82.9 Å². The van der Waals surface area contributed by atoms with E-state index in [1.807, 2.05) is 19.1 Å². The zero-order chi connectivity index (χ0) is 10.6. The van der Waals surface area contributed by atoms with Gasteiger partial charge in [0.1, 0.15) is 5.82 Å². The van der Waals surface area contributed by atoms with Crippen molar-refractivity contribution in [2.45, 2.75) is 13.3 Å². The van der Waals surface area contributed by atoms with Gasteiger partial charge in [-0.2, -0.15) is 5.26 Å². The summed E-state index contributed by atoms with van der Waals surface area (Å²) in [5, 5.41) is 8.35. The van der Waals surface area contributed by atoms with E-state index in [4.69, 9.17) is 16.7 Å². The van der Waals surface area contributed by atoms with Crippen molar-refractivity contribution in [1.82, 2.24) is 4.98 Å². The Bertz CT molecular complexity index is 401. The molecular weight excluding hydrogens is 176 g/mol.